The van der Waals surface area contributed by atoms with E-state index in [1.807, 2.05) is 24.4 Å². The van der Waals surface area contributed by atoms with Crippen LogP contribution in [-0.2, 0) is 6.54 Å². The summed E-state index contributed by atoms with van der Waals surface area (Å²) in [6, 6.07) is 7.87. The van der Waals surface area contributed by atoms with Crippen molar-refractivity contribution in [3.63, 3.8) is 0 Å². The molecule has 132 valence electrons. The van der Waals surface area contributed by atoms with Crippen LogP contribution in [0.1, 0.15) is 16.8 Å². The van der Waals surface area contributed by atoms with Crippen molar-refractivity contribution in [3.05, 3.63) is 72.2 Å². The lowest BCUT2D eigenvalue weighted by molar-refractivity contribution is 0.783. The monoisotopic (exact) mass is 355 g/mol. The maximum absolute atomic E-state index is 4.78. The molecule has 0 unspecified atom stereocenters. The zero-order valence-corrected chi connectivity index (χ0v) is 15.0. The Balaban J connectivity index is 1.72. The van der Waals surface area contributed by atoms with Gasteiger partial charge in [0.25, 0.3) is 0 Å². The Morgan fingerprint density at radius 3 is 2.52 bits per heavy atom. The fraction of sp³-hybridized carbons (Fsp3) is 0.150. The maximum atomic E-state index is 4.78. The molecule has 0 aliphatic rings. The number of rotatable bonds is 3. The molecule has 0 spiro atoms. The van der Waals surface area contributed by atoms with E-state index in [1.54, 1.807) is 29.4 Å². The van der Waals surface area contributed by atoms with Gasteiger partial charge in [-0.2, -0.15) is 0 Å². The van der Waals surface area contributed by atoms with E-state index in [0.717, 1.165) is 39.9 Å². The molecule has 7 nitrogen and oxygen atoms in total. The molecule has 5 aromatic rings. The first-order valence-electron chi connectivity index (χ1n) is 8.72. The third-order valence-corrected chi connectivity index (χ3v) is 4.93. The third-order valence-electron chi connectivity index (χ3n) is 4.93. The van der Waals surface area contributed by atoms with Gasteiger partial charge in [-0.25, -0.2) is 14.5 Å². The van der Waals surface area contributed by atoms with Gasteiger partial charge < -0.3 is 4.57 Å². The number of aromatic nitrogens is 7. The Kier molecular flexibility index (Phi) is 3.46. The highest BCUT2D eigenvalue weighted by atomic mass is 15.3. The second-order valence-electron chi connectivity index (χ2n) is 6.55. The van der Waals surface area contributed by atoms with Gasteiger partial charge in [0.1, 0.15) is 12.0 Å². The Bertz CT molecular complexity index is 1250. The van der Waals surface area contributed by atoms with Gasteiger partial charge in [-0.05, 0) is 43.2 Å². The van der Waals surface area contributed by atoms with Gasteiger partial charge in [-0.3, -0.25) is 9.97 Å². The van der Waals surface area contributed by atoms with Crippen LogP contribution in [0.15, 0.2) is 55.4 Å². The maximum Gasteiger partial charge on any atom is 0.183 e. The number of fused-ring (bicyclic) bond motifs is 3. The standard InChI is InChI=1S/C20H17N7/c1-13-14(2)26(11-15-5-3-7-21-9-15)19-17(13)20-24-18(25-27(20)12-23-19)16-6-4-8-22-10-16/h3-10,12H,11H2,1-2H3. The average Bonchev–Trinajstić information content (AvgIpc) is 3.25. The molecule has 0 atom stereocenters. The minimum absolute atomic E-state index is 0.648. The molecule has 0 fully saturated rings. The Morgan fingerprint density at radius 2 is 1.78 bits per heavy atom. The van der Waals surface area contributed by atoms with E-state index in [9.17, 15) is 0 Å². The average molecular weight is 355 g/mol. The topological polar surface area (TPSA) is 73.8 Å². The van der Waals surface area contributed by atoms with Crippen LogP contribution in [0.3, 0.4) is 0 Å². The first kappa shape index (κ1) is 15.6. The molecule has 0 amide bonds. The largest absolute Gasteiger partial charge is 0.325 e. The van der Waals surface area contributed by atoms with Gasteiger partial charge in [0, 0.05) is 36.0 Å². The molecule has 5 heterocycles. The minimum atomic E-state index is 0.648. The molecule has 5 rings (SSSR count). The van der Waals surface area contributed by atoms with E-state index in [1.165, 1.54) is 5.69 Å². The SMILES string of the molecule is Cc1c(C)n(Cc2cccnc2)c2ncn3nc(-c4cccnc4)nc3c12. The molecule has 0 aromatic carbocycles. The number of hydrogen-bond acceptors (Lipinski definition) is 5. The second kappa shape index (κ2) is 5.98. The fourth-order valence-electron chi connectivity index (χ4n) is 3.42. The summed E-state index contributed by atoms with van der Waals surface area (Å²) in [6.45, 7) is 4.94. The van der Waals surface area contributed by atoms with E-state index in [4.69, 9.17) is 4.98 Å². The molecular formula is C20H17N7. The lowest BCUT2D eigenvalue weighted by Gasteiger charge is -2.07. The molecule has 5 aromatic heterocycles. The van der Waals surface area contributed by atoms with Crippen molar-refractivity contribution >= 4 is 16.7 Å². The van der Waals surface area contributed by atoms with E-state index in [2.05, 4.69) is 44.5 Å². The molecule has 0 aliphatic carbocycles. The lowest BCUT2D eigenvalue weighted by Crippen LogP contribution is -2.03. The summed E-state index contributed by atoms with van der Waals surface area (Å²) in [7, 11) is 0. The number of hydrogen-bond donors (Lipinski definition) is 0. The first-order chi connectivity index (χ1) is 13.2. The van der Waals surface area contributed by atoms with Crippen LogP contribution >= 0.6 is 0 Å². The lowest BCUT2D eigenvalue weighted by atomic mass is 10.2. The van der Waals surface area contributed by atoms with Gasteiger partial charge in [0.15, 0.2) is 11.5 Å². The highest BCUT2D eigenvalue weighted by Gasteiger charge is 2.18. The predicted molar refractivity (Wildman–Crippen MR) is 102 cm³/mol. The summed E-state index contributed by atoms with van der Waals surface area (Å²) in [5, 5.41) is 5.61. The highest BCUT2D eigenvalue weighted by molar-refractivity contribution is 5.94. The van der Waals surface area contributed by atoms with Crippen LogP contribution < -0.4 is 0 Å². The Labute approximate surface area is 155 Å². The zero-order valence-electron chi connectivity index (χ0n) is 15.0. The molecule has 0 radical (unpaired) electrons. The van der Waals surface area contributed by atoms with Crippen LogP contribution in [0.4, 0.5) is 0 Å². The van der Waals surface area contributed by atoms with Crippen molar-refractivity contribution in [1.82, 2.24) is 34.1 Å². The molecule has 27 heavy (non-hydrogen) atoms. The van der Waals surface area contributed by atoms with Crippen molar-refractivity contribution in [2.45, 2.75) is 20.4 Å². The normalized spacial score (nSPS) is 11.5. The van der Waals surface area contributed by atoms with Gasteiger partial charge in [-0.1, -0.05) is 6.07 Å². The Hall–Kier alpha value is -3.61. The van der Waals surface area contributed by atoms with E-state index >= 15 is 0 Å². The molecule has 0 saturated heterocycles. The van der Waals surface area contributed by atoms with Gasteiger partial charge in [0.05, 0.1) is 11.9 Å². The molecule has 7 heteroatoms. The molecule has 0 saturated carbocycles. The molecular weight excluding hydrogens is 338 g/mol. The minimum Gasteiger partial charge on any atom is -0.325 e. The van der Waals surface area contributed by atoms with E-state index in [-0.39, 0.29) is 0 Å². The van der Waals surface area contributed by atoms with Crippen LogP contribution in [0.5, 0.6) is 0 Å². The highest BCUT2D eigenvalue weighted by Crippen LogP contribution is 2.28. The zero-order chi connectivity index (χ0) is 18.4. The van der Waals surface area contributed by atoms with Crippen molar-refractivity contribution in [1.29, 1.82) is 0 Å². The van der Waals surface area contributed by atoms with Crippen molar-refractivity contribution in [2.75, 3.05) is 0 Å². The quantitative estimate of drug-likeness (QED) is 0.497. The van der Waals surface area contributed by atoms with Crippen LogP contribution in [-0.4, -0.2) is 34.1 Å². The van der Waals surface area contributed by atoms with Crippen molar-refractivity contribution in [2.24, 2.45) is 0 Å². The van der Waals surface area contributed by atoms with Gasteiger partial charge in [-0.15, -0.1) is 5.10 Å². The molecule has 0 bridgehead atoms. The second-order valence-corrected chi connectivity index (χ2v) is 6.55. The Morgan fingerprint density at radius 1 is 0.963 bits per heavy atom. The smallest absolute Gasteiger partial charge is 0.183 e. The van der Waals surface area contributed by atoms with Crippen molar-refractivity contribution in [3.8, 4) is 11.4 Å². The molecule has 0 aliphatic heterocycles. The molecule has 0 N–H and O–H groups in total. The summed E-state index contributed by atoms with van der Waals surface area (Å²) in [5.41, 5.74) is 6.07. The summed E-state index contributed by atoms with van der Waals surface area (Å²) < 4.78 is 3.95. The number of pyridine rings is 2. The van der Waals surface area contributed by atoms with Gasteiger partial charge >= 0.3 is 0 Å². The summed E-state index contributed by atoms with van der Waals surface area (Å²) >= 11 is 0. The van der Waals surface area contributed by atoms with Crippen LogP contribution in [0.25, 0.3) is 28.1 Å². The number of aryl methyl sites for hydroxylation is 1. The van der Waals surface area contributed by atoms with Crippen LogP contribution in [0.2, 0.25) is 0 Å². The van der Waals surface area contributed by atoms with E-state index < -0.39 is 0 Å². The summed E-state index contributed by atoms with van der Waals surface area (Å²) in [5.74, 6) is 0.648. The van der Waals surface area contributed by atoms with Gasteiger partial charge in [0.2, 0.25) is 0 Å². The van der Waals surface area contributed by atoms with Crippen molar-refractivity contribution < 1.29 is 0 Å². The predicted octanol–water partition coefficient (Wildman–Crippen LogP) is 3.20. The van der Waals surface area contributed by atoms with Crippen LogP contribution in [0, 0.1) is 13.8 Å². The third kappa shape index (κ3) is 2.47. The van der Waals surface area contributed by atoms with E-state index in [0.29, 0.717) is 5.82 Å². The first-order valence-corrected chi connectivity index (χ1v) is 8.72. The summed E-state index contributed by atoms with van der Waals surface area (Å²) in [6.07, 6.45) is 8.91. The fourth-order valence-corrected chi connectivity index (χ4v) is 3.42. The number of nitrogens with zero attached hydrogens (tertiary/aromatic N) is 7. The summed E-state index contributed by atoms with van der Waals surface area (Å²) in [4.78, 5) is 17.8.